The van der Waals surface area contributed by atoms with E-state index < -0.39 is 21.7 Å². The van der Waals surface area contributed by atoms with Crippen LogP contribution in [0.1, 0.15) is 36.5 Å². The molecular weight excluding hydrogens is 520 g/mol. The van der Waals surface area contributed by atoms with Crippen molar-refractivity contribution in [2.45, 2.75) is 42.8 Å². The van der Waals surface area contributed by atoms with Crippen LogP contribution in [0.25, 0.3) is 0 Å². The van der Waals surface area contributed by atoms with Crippen LogP contribution in [-0.4, -0.2) is 91.3 Å². The number of phenols is 1. The number of ketones is 1. The zero-order valence-electron chi connectivity index (χ0n) is 20.8. The zero-order valence-corrected chi connectivity index (χ0v) is 22.4. The molecule has 2 aromatic carbocycles. The van der Waals surface area contributed by atoms with Crippen molar-refractivity contribution in [3.8, 4) is 11.5 Å². The Morgan fingerprint density at radius 3 is 2.81 bits per heavy atom. The van der Waals surface area contributed by atoms with Crippen molar-refractivity contribution >= 4 is 27.4 Å². The first-order valence-corrected chi connectivity index (χ1v) is 14.2. The fraction of sp³-hybridized carbons (Fsp3) is 0.500. The SMILES string of the molecule is CCOCCN(C[C@@H](O)CN1CCCC2(CC(=O)c3cc(O)ccc3O2)C1)S(=O)(=O)c1ccccc1Cl. The first-order chi connectivity index (χ1) is 17.6. The number of sulfonamides is 1. The molecule has 4 rings (SSSR count). The van der Waals surface area contributed by atoms with Gasteiger partial charge in [0.2, 0.25) is 10.0 Å². The highest BCUT2D eigenvalue weighted by molar-refractivity contribution is 7.89. The maximum Gasteiger partial charge on any atom is 0.244 e. The number of aliphatic hydroxyl groups excluding tert-OH is 1. The standard InChI is InChI=1S/C26H33ClN2O7S/c1-2-35-13-12-29(37(33,34)25-7-4-3-6-22(25)27)17-20(31)16-28-11-5-10-26(18-28)15-23(32)21-14-19(30)8-9-24(21)36-26/h3-4,6-9,14,20,30-31H,2,5,10-13,15-18H2,1H3/t20-,26?/m0/s1. The van der Waals surface area contributed by atoms with Crippen LogP contribution in [0.4, 0.5) is 0 Å². The van der Waals surface area contributed by atoms with Gasteiger partial charge >= 0.3 is 0 Å². The van der Waals surface area contributed by atoms with Crippen LogP contribution >= 0.6 is 11.6 Å². The lowest BCUT2D eigenvalue weighted by atomic mass is 9.83. The van der Waals surface area contributed by atoms with E-state index in [1.54, 1.807) is 18.2 Å². The predicted molar refractivity (Wildman–Crippen MR) is 139 cm³/mol. The van der Waals surface area contributed by atoms with E-state index in [2.05, 4.69) is 0 Å². The van der Waals surface area contributed by atoms with Crippen molar-refractivity contribution in [3.05, 3.63) is 53.1 Å². The molecule has 0 aromatic heterocycles. The third kappa shape index (κ3) is 6.45. The van der Waals surface area contributed by atoms with E-state index >= 15 is 0 Å². The number of halogens is 1. The van der Waals surface area contributed by atoms with Crippen LogP contribution in [-0.2, 0) is 14.8 Å². The van der Waals surface area contributed by atoms with Crippen LogP contribution < -0.4 is 4.74 Å². The minimum Gasteiger partial charge on any atom is -0.508 e. The molecule has 2 atom stereocenters. The van der Waals surface area contributed by atoms with Crippen molar-refractivity contribution in [2.75, 3.05) is 45.9 Å². The van der Waals surface area contributed by atoms with Gasteiger partial charge in [0.1, 0.15) is 22.0 Å². The van der Waals surface area contributed by atoms with Crippen LogP contribution in [0.2, 0.25) is 5.02 Å². The number of aromatic hydroxyl groups is 1. The van der Waals surface area contributed by atoms with E-state index in [9.17, 15) is 23.4 Å². The quantitative estimate of drug-likeness (QED) is 0.432. The topological polar surface area (TPSA) is 117 Å². The fourth-order valence-corrected chi connectivity index (χ4v) is 7.01. The number of piperidine rings is 1. The monoisotopic (exact) mass is 552 g/mol. The molecule has 11 heteroatoms. The summed E-state index contributed by atoms with van der Waals surface area (Å²) in [6.45, 7) is 3.72. The van der Waals surface area contributed by atoms with Crippen molar-refractivity contribution in [3.63, 3.8) is 0 Å². The predicted octanol–water partition coefficient (Wildman–Crippen LogP) is 2.93. The number of fused-ring (bicyclic) bond motifs is 1. The smallest absolute Gasteiger partial charge is 0.244 e. The number of carbonyl (C=O) groups excluding carboxylic acids is 1. The number of ether oxygens (including phenoxy) is 2. The highest BCUT2D eigenvalue weighted by Crippen LogP contribution is 2.39. The number of benzene rings is 2. The van der Waals surface area contributed by atoms with Gasteiger partial charge in [-0.2, -0.15) is 4.31 Å². The molecule has 0 bridgehead atoms. The summed E-state index contributed by atoms with van der Waals surface area (Å²) in [5, 5.41) is 20.8. The Labute approximate surface area is 222 Å². The normalized spacial score (nSPS) is 21.1. The lowest BCUT2D eigenvalue weighted by Gasteiger charge is -2.45. The second kappa shape index (κ2) is 11.7. The Morgan fingerprint density at radius 1 is 1.27 bits per heavy atom. The molecule has 2 N–H and O–H groups in total. The third-order valence-corrected chi connectivity index (χ3v) is 9.08. The molecule has 0 amide bonds. The average molecular weight is 553 g/mol. The molecule has 2 aromatic rings. The number of nitrogens with zero attached hydrogens (tertiary/aromatic N) is 2. The summed E-state index contributed by atoms with van der Waals surface area (Å²) in [5.41, 5.74) is -0.352. The van der Waals surface area contributed by atoms with E-state index in [1.807, 2.05) is 11.8 Å². The molecule has 2 aliphatic heterocycles. The summed E-state index contributed by atoms with van der Waals surface area (Å²) in [5.74, 6) is 0.373. The van der Waals surface area contributed by atoms with Gasteiger partial charge in [0.25, 0.3) is 0 Å². The molecule has 2 aliphatic rings. The Hall–Kier alpha value is -2.21. The van der Waals surface area contributed by atoms with Crippen LogP contribution in [0.5, 0.6) is 11.5 Å². The van der Waals surface area contributed by atoms with Gasteiger partial charge in [-0.25, -0.2) is 8.42 Å². The van der Waals surface area contributed by atoms with Gasteiger partial charge in [-0.3, -0.25) is 9.69 Å². The summed E-state index contributed by atoms with van der Waals surface area (Å²) < 4.78 is 39.6. The summed E-state index contributed by atoms with van der Waals surface area (Å²) >= 11 is 6.18. The first kappa shape index (κ1) is 27.8. The Morgan fingerprint density at radius 2 is 2.05 bits per heavy atom. The number of hydrogen-bond acceptors (Lipinski definition) is 8. The summed E-state index contributed by atoms with van der Waals surface area (Å²) in [7, 11) is -3.97. The second-order valence-electron chi connectivity index (χ2n) is 9.55. The first-order valence-electron chi connectivity index (χ1n) is 12.4. The van der Waals surface area contributed by atoms with Crippen molar-refractivity contribution in [1.82, 2.24) is 9.21 Å². The van der Waals surface area contributed by atoms with Gasteiger partial charge in [-0.1, -0.05) is 23.7 Å². The maximum absolute atomic E-state index is 13.4. The molecule has 0 radical (unpaired) electrons. The number of hydrogen-bond donors (Lipinski definition) is 2. The van der Waals surface area contributed by atoms with E-state index in [4.69, 9.17) is 21.1 Å². The maximum atomic E-state index is 13.4. The lowest BCUT2D eigenvalue weighted by Crippen LogP contribution is -2.56. The van der Waals surface area contributed by atoms with Gasteiger partial charge in [0, 0.05) is 32.8 Å². The number of likely N-dealkylation sites (tertiary alicyclic amines) is 1. The minimum absolute atomic E-state index is 0.0145. The fourth-order valence-electron chi connectivity index (χ4n) is 5.06. The van der Waals surface area contributed by atoms with Crippen LogP contribution in [0.3, 0.4) is 0 Å². The molecule has 0 saturated carbocycles. The van der Waals surface area contributed by atoms with Gasteiger partial charge < -0.3 is 19.7 Å². The highest BCUT2D eigenvalue weighted by Gasteiger charge is 2.44. The Bertz CT molecular complexity index is 1230. The Kier molecular flexibility index (Phi) is 8.77. The minimum atomic E-state index is -3.97. The van der Waals surface area contributed by atoms with E-state index in [1.165, 1.54) is 28.6 Å². The Balaban J connectivity index is 1.45. The molecule has 1 unspecified atom stereocenters. The number of carbonyl (C=O) groups is 1. The van der Waals surface area contributed by atoms with Gasteiger partial charge in [0.05, 0.1) is 29.7 Å². The average Bonchev–Trinajstić information content (AvgIpc) is 2.84. The van der Waals surface area contributed by atoms with E-state index in [0.717, 1.165) is 6.42 Å². The molecule has 1 saturated heterocycles. The molecule has 2 heterocycles. The molecule has 1 fully saturated rings. The number of Topliss-reactive ketones (excluding diaryl/α,β-unsaturated/α-hetero) is 1. The van der Waals surface area contributed by atoms with Crippen LogP contribution in [0.15, 0.2) is 47.4 Å². The number of rotatable bonds is 10. The zero-order chi connectivity index (χ0) is 26.6. The molecule has 9 nitrogen and oxygen atoms in total. The lowest BCUT2D eigenvalue weighted by molar-refractivity contribution is -0.0304. The van der Waals surface area contributed by atoms with Gasteiger partial charge in [0.15, 0.2) is 5.78 Å². The summed E-state index contributed by atoms with van der Waals surface area (Å²) in [6, 6.07) is 10.7. The largest absolute Gasteiger partial charge is 0.508 e. The second-order valence-corrected chi connectivity index (χ2v) is 11.9. The third-order valence-electron chi connectivity index (χ3n) is 6.72. The van der Waals surface area contributed by atoms with Gasteiger partial charge in [-0.15, -0.1) is 0 Å². The highest BCUT2D eigenvalue weighted by atomic mass is 35.5. The molecule has 1 spiro atoms. The summed E-state index contributed by atoms with van der Waals surface area (Å²) in [6.07, 6.45) is 0.640. The summed E-state index contributed by atoms with van der Waals surface area (Å²) in [4.78, 5) is 14.8. The molecule has 0 aliphatic carbocycles. The van der Waals surface area contributed by atoms with Gasteiger partial charge in [-0.05, 0) is 56.6 Å². The number of aliphatic hydroxyl groups is 1. The number of β-amino-alcohol motifs (C(OH)–C–C–N with tert-alkyl or cyclic N) is 1. The van der Waals surface area contributed by atoms with Crippen molar-refractivity contribution in [1.29, 1.82) is 0 Å². The van der Waals surface area contributed by atoms with Crippen molar-refractivity contribution < 1.29 is 32.9 Å². The van der Waals surface area contributed by atoms with E-state index in [0.29, 0.717) is 37.4 Å². The van der Waals surface area contributed by atoms with E-state index in [-0.39, 0.29) is 54.1 Å². The molecule has 202 valence electrons. The van der Waals surface area contributed by atoms with Crippen molar-refractivity contribution in [2.24, 2.45) is 0 Å². The molecular formula is C26H33ClN2O7S. The number of phenolic OH excluding ortho intramolecular Hbond substituents is 1. The molecule has 37 heavy (non-hydrogen) atoms. The van der Waals surface area contributed by atoms with Crippen LogP contribution in [0, 0.1) is 0 Å².